The van der Waals surface area contributed by atoms with Gasteiger partial charge in [0.25, 0.3) is 0 Å². The number of carboxylic acids is 1. The minimum absolute atomic E-state index is 0.142. The Morgan fingerprint density at radius 3 is 2.84 bits per heavy atom. The molecule has 0 bridgehead atoms. The number of amides is 2. The number of hydrogen-bond donors (Lipinski definition) is 2. The lowest BCUT2D eigenvalue weighted by molar-refractivity contribution is -0.141. The predicted molar refractivity (Wildman–Crippen MR) is 69.0 cm³/mol. The summed E-state index contributed by atoms with van der Waals surface area (Å²) < 4.78 is 5.29. The normalized spacial score (nSPS) is 31.6. The number of carbonyl (C=O) groups excluding carboxylic acids is 1. The molecule has 8 heteroatoms. The molecule has 19 heavy (non-hydrogen) atoms. The van der Waals surface area contributed by atoms with Crippen molar-refractivity contribution in [3.8, 4) is 0 Å². The van der Waals surface area contributed by atoms with Gasteiger partial charge in [0.15, 0.2) is 0 Å². The molecule has 0 saturated carbocycles. The van der Waals surface area contributed by atoms with E-state index >= 15 is 0 Å². The third-order valence-electron chi connectivity index (χ3n) is 3.34. The van der Waals surface area contributed by atoms with Gasteiger partial charge in [-0.05, 0) is 6.92 Å². The highest BCUT2D eigenvalue weighted by Gasteiger charge is 2.42. The van der Waals surface area contributed by atoms with Gasteiger partial charge in [-0.1, -0.05) is 0 Å². The van der Waals surface area contributed by atoms with Crippen LogP contribution in [-0.2, 0) is 9.53 Å². The highest BCUT2D eigenvalue weighted by molar-refractivity contribution is 8.00. The second kappa shape index (κ2) is 5.98. The van der Waals surface area contributed by atoms with Crippen molar-refractivity contribution in [2.75, 3.05) is 32.1 Å². The number of aliphatic hydroxyl groups excluding tert-OH is 1. The van der Waals surface area contributed by atoms with Crippen LogP contribution in [0.2, 0.25) is 0 Å². The van der Waals surface area contributed by atoms with Crippen molar-refractivity contribution in [2.45, 2.75) is 24.4 Å². The summed E-state index contributed by atoms with van der Waals surface area (Å²) in [7, 11) is 0. The van der Waals surface area contributed by atoms with Crippen molar-refractivity contribution in [1.29, 1.82) is 0 Å². The molecule has 2 fully saturated rings. The summed E-state index contributed by atoms with van der Waals surface area (Å²) >= 11 is 1.46. The summed E-state index contributed by atoms with van der Waals surface area (Å²) in [4.78, 5) is 26.6. The number of aliphatic carboxylic acids is 1. The number of nitrogens with zero attached hydrogens (tertiary/aromatic N) is 2. The SMILES string of the molecule is CC1SCC(C(=O)O)N1C(=O)N1CCOC(CO)C1. The lowest BCUT2D eigenvalue weighted by Crippen LogP contribution is -2.55. The summed E-state index contributed by atoms with van der Waals surface area (Å²) in [5.74, 6) is -0.562. The highest BCUT2D eigenvalue weighted by atomic mass is 32.2. The van der Waals surface area contributed by atoms with E-state index in [-0.39, 0.29) is 24.1 Å². The molecule has 2 aliphatic rings. The topological polar surface area (TPSA) is 90.3 Å². The van der Waals surface area contributed by atoms with Crippen LogP contribution in [0.4, 0.5) is 4.79 Å². The minimum atomic E-state index is -0.975. The molecule has 2 rings (SSSR count). The molecule has 0 radical (unpaired) electrons. The van der Waals surface area contributed by atoms with Crippen molar-refractivity contribution < 1.29 is 24.5 Å². The molecule has 108 valence electrons. The molecule has 2 saturated heterocycles. The average molecular weight is 290 g/mol. The van der Waals surface area contributed by atoms with Crippen LogP contribution >= 0.6 is 11.8 Å². The fourth-order valence-corrected chi connectivity index (χ4v) is 3.45. The monoisotopic (exact) mass is 290 g/mol. The van der Waals surface area contributed by atoms with Gasteiger partial charge in [-0.25, -0.2) is 9.59 Å². The molecule has 7 nitrogen and oxygen atoms in total. The first-order valence-electron chi connectivity index (χ1n) is 6.18. The van der Waals surface area contributed by atoms with E-state index in [1.54, 1.807) is 4.90 Å². The molecule has 0 aromatic heterocycles. The molecule has 2 heterocycles. The molecule has 3 unspecified atom stereocenters. The minimum Gasteiger partial charge on any atom is -0.480 e. The van der Waals surface area contributed by atoms with Crippen molar-refractivity contribution in [3.63, 3.8) is 0 Å². The smallest absolute Gasteiger partial charge is 0.327 e. The van der Waals surface area contributed by atoms with E-state index in [1.165, 1.54) is 16.7 Å². The third kappa shape index (κ3) is 2.96. The maximum atomic E-state index is 12.4. The maximum absolute atomic E-state index is 12.4. The molecule has 2 amide bonds. The van der Waals surface area contributed by atoms with Crippen molar-refractivity contribution in [1.82, 2.24) is 9.80 Å². The van der Waals surface area contributed by atoms with E-state index in [0.717, 1.165) is 0 Å². The van der Waals surface area contributed by atoms with Crippen LogP contribution in [0.5, 0.6) is 0 Å². The quantitative estimate of drug-likeness (QED) is 0.722. The van der Waals surface area contributed by atoms with Gasteiger partial charge in [-0.3, -0.25) is 4.90 Å². The number of hydrogen-bond acceptors (Lipinski definition) is 5. The fourth-order valence-electron chi connectivity index (χ4n) is 2.29. The van der Waals surface area contributed by atoms with Crippen molar-refractivity contribution in [2.24, 2.45) is 0 Å². The third-order valence-corrected chi connectivity index (χ3v) is 4.56. The molecule has 0 spiro atoms. The zero-order valence-corrected chi connectivity index (χ0v) is 11.5. The Hall–Kier alpha value is -0.990. The molecule has 0 aliphatic carbocycles. The van der Waals surface area contributed by atoms with Crippen LogP contribution in [0, 0.1) is 0 Å². The number of ether oxygens (including phenoxy) is 1. The number of carbonyl (C=O) groups is 2. The van der Waals surface area contributed by atoms with Gasteiger partial charge in [0.1, 0.15) is 6.04 Å². The molecule has 2 N–H and O–H groups in total. The zero-order valence-electron chi connectivity index (χ0n) is 10.7. The number of aliphatic hydroxyl groups is 1. The van der Waals surface area contributed by atoms with Crippen LogP contribution in [0.25, 0.3) is 0 Å². The number of thioether (sulfide) groups is 1. The Labute approximate surface area is 115 Å². The largest absolute Gasteiger partial charge is 0.480 e. The van der Waals surface area contributed by atoms with E-state index in [2.05, 4.69) is 0 Å². The first-order chi connectivity index (χ1) is 9.04. The van der Waals surface area contributed by atoms with E-state index < -0.39 is 12.0 Å². The zero-order chi connectivity index (χ0) is 14.0. The first kappa shape index (κ1) is 14.4. The van der Waals surface area contributed by atoms with Gasteiger partial charge in [-0.15, -0.1) is 11.8 Å². The van der Waals surface area contributed by atoms with Crippen LogP contribution in [0.3, 0.4) is 0 Å². The lowest BCUT2D eigenvalue weighted by Gasteiger charge is -2.36. The standard InChI is InChI=1S/C11H18N2O5S/c1-7-13(9(6-19-7)10(15)16)11(17)12-2-3-18-8(4-12)5-14/h7-9,14H,2-6H2,1H3,(H,15,16). The Bertz CT molecular complexity index is 367. The van der Waals surface area contributed by atoms with Crippen LogP contribution < -0.4 is 0 Å². The Morgan fingerprint density at radius 1 is 1.47 bits per heavy atom. The van der Waals surface area contributed by atoms with Crippen molar-refractivity contribution in [3.05, 3.63) is 0 Å². The van der Waals surface area contributed by atoms with E-state index in [4.69, 9.17) is 14.9 Å². The van der Waals surface area contributed by atoms with Gasteiger partial charge < -0.3 is 19.8 Å². The van der Waals surface area contributed by atoms with Gasteiger partial charge in [0.2, 0.25) is 0 Å². The van der Waals surface area contributed by atoms with Crippen molar-refractivity contribution >= 4 is 23.8 Å². The maximum Gasteiger partial charge on any atom is 0.327 e. The summed E-state index contributed by atoms with van der Waals surface area (Å²) in [6, 6.07) is -1.06. The van der Waals surface area contributed by atoms with Crippen LogP contribution in [-0.4, -0.2) is 81.6 Å². The second-order valence-electron chi connectivity index (χ2n) is 4.60. The van der Waals surface area contributed by atoms with Crippen LogP contribution in [0.15, 0.2) is 0 Å². The molecule has 2 aliphatic heterocycles. The molecule has 0 aromatic carbocycles. The highest BCUT2D eigenvalue weighted by Crippen LogP contribution is 2.30. The second-order valence-corrected chi connectivity index (χ2v) is 5.95. The lowest BCUT2D eigenvalue weighted by atomic mass is 10.2. The van der Waals surface area contributed by atoms with E-state index in [9.17, 15) is 9.59 Å². The van der Waals surface area contributed by atoms with E-state index in [0.29, 0.717) is 25.4 Å². The van der Waals surface area contributed by atoms with Gasteiger partial charge in [0, 0.05) is 12.3 Å². The van der Waals surface area contributed by atoms with Crippen LogP contribution in [0.1, 0.15) is 6.92 Å². The number of urea groups is 1. The molecular weight excluding hydrogens is 272 g/mol. The Balaban J connectivity index is 2.07. The van der Waals surface area contributed by atoms with Gasteiger partial charge in [-0.2, -0.15) is 0 Å². The molecule has 3 atom stereocenters. The average Bonchev–Trinajstić information content (AvgIpc) is 2.80. The molecule has 0 aromatic rings. The van der Waals surface area contributed by atoms with Gasteiger partial charge in [0.05, 0.1) is 31.2 Å². The summed E-state index contributed by atoms with van der Waals surface area (Å²) in [5, 5.41) is 18.1. The fraction of sp³-hybridized carbons (Fsp3) is 0.818. The summed E-state index contributed by atoms with van der Waals surface area (Å²) in [5.41, 5.74) is 0. The summed E-state index contributed by atoms with van der Waals surface area (Å²) in [6.07, 6.45) is -0.383. The number of rotatable bonds is 2. The molecular formula is C11H18N2O5S. The first-order valence-corrected chi connectivity index (χ1v) is 7.23. The Morgan fingerprint density at radius 2 is 2.21 bits per heavy atom. The number of morpholine rings is 1. The Kier molecular flexibility index (Phi) is 4.54. The summed E-state index contributed by atoms with van der Waals surface area (Å²) in [6.45, 7) is 2.78. The number of carboxylic acid groups (broad SMARTS) is 1. The van der Waals surface area contributed by atoms with E-state index in [1.807, 2.05) is 6.92 Å². The predicted octanol–water partition coefficient (Wildman–Crippen LogP) is -0.353. The van der Waals surface area contributed by atoms with Gasteiger partial charge >= 0.3 is 12.0 Å².